The van der Waals surface area contributed by atoms with E-state index < -0.39 is 15.7 Å². The second-order valence-corrected chi connectivity index (χ2v) is 9.14. The van der Waals surface area contributed by atoms with Gasteiger partial charge < -0.3 is 10.6 Å². The van der Waals surface area contributed by atoms with Crippen LogP contribution >= 0.6 is 0 Å². The predicted octanol–water partition coefficient (Wildman–Crippen LogP) is 2.37. The average Bonchev–Trinajstić information content (AvgIpc) is 3.10. The molecule has 148 valence electrons. The molecule has 0 saturated carbocycles. The van der Waals surface area contributed by atoms with Crippen LogP contribution in [0.25, 0.3) is 16.9 Å². The SMILES string of the molecule is N#Cc1ccc(-c2cc(N)nn2-c2cccc(N3CCS(=O)(=O)CC3)c2)cc1F. The van der Waals surface area contributed by atoms with Crippen LogP contribution < -0.4 is 10.6 Å². The minimum absolute atomic E-state index is 0.0326. The van der Waals surface area contributed by atoms with Gasteiger partial charge in [0.25, 0.3) is 0 Å². The van der Waals surface area contributed by atoms with Crippen molar-refractivity contribution < 1.29 is 12.8 Å². The van der Waals surface area contributed by atoms with Crippen LogP contribution in [0.15, 0.2) is 48.5 Å². The second-order valence-electron chi connectivity index (χ2n) is 6.83. The van der Waals surface area contributed by atoms with E-state index >= 15 is 0 Å². The molecule has 1 fully saturated rings. The molecule has 0 unspecified atom stereocenters. The standard InChI is InChI=1S/C20H18FN5O2S/c21-18-10-14(4-5-15(18)13-22)19-12-20(23)24-26(19)17-3-1-2-16(11-17)25-6-8-29(27,28)9-7-25/h1-5,10-12H,6-9H2,(H2,23,24). The van der Waals surface area contributed by atoms with Crippen LogP contribution in [0.4, 0.5) is 15.9 Å². The van der Waals surface area contributed by atoms with E-state index in [1.807, 2.05) is 29.2 Å². The summed E-state index contributed by atoms with van der Waals surface area (Å²) in [6, 6.07) is 15.3. The van der Waals surface area contributed by atoms with Crippen LogP contribution in [0, 0.1) is 17.1 Å². The molecule has 0 atom stereocenters. The van der Waals surface area contributed by atoms with Crippen molar-refractivity contribution in [2.75, 3.05) is 35.2 Å². The molecule has 9 heteroatoms. The van der Waals surface area contributed by atoms with E-state index in [0.717, 1.165) is 5.69 Å². The Labute approximate surface area is 167 Å². The number of nitrogens with zero attached hydrogens (tertiary/aromatic N) is 4. The molecule has 1 aromatic heterocycles. The molecule has 0 spiro atoms. The summed E-state index contributed by atoms with van der Waals surface area (Å²) in [6.45, 7) is 0.863. The highest BCUT2D eigenvalue weighted by Crippen LogP contribution is 2.28. The number of anilines is 2. The maximum Gasteiger partial charge on any atom is 0.153 e. The summed E-state index contributed by atoms with van der Waals surface area (Å²) in [7, 11) is -2.97. The van der Waals surface area contributed by atoms with Crippen molar-refractivity contribution >= 4 is 21.3 Å². The summed E-state index contributed by atoms with van der Waals surface area (Å²) < 4.78 is 39.1. The fourth-order valence-electron chi connectivity index (χ4n) is 3.36. The van der Waals surface area contributed by atoms with Crippen LogP contribution in [0.2, 0.25) is 0 Å². The Morgan fingerprint density at radius 3 is 2.48 bits per heavy atom. The van der Waals surface area contributed by atoms with Gasteiger partial charge in [-0.3, -0.25) is 0 Å². The Hall–Kier alpha value is -3.38. The number of rotatable bonds is 3. The summed E-state index contributed by atoms with van der Waals surface area (Å²) in [5.41, 5.74) is 8.59. The van der Waals surface area contributed by atoms with Gasteiger partial charge in [-0.1, -0.05) is 12.1 Å². The summed E-state index contributed by atoms with van der Waals surface area (Å²) in [4.78, 5) is 2.01. The van der Waals surface area contributed by atoms with Gasteiger partial charge in [0, 0.05) is 30.4 Å². The van der Waals surface area contributed by atoms with Crippen LogP contribution in [-0.2, 0) is 9.84 Å². The van der Waals surface area contributed by atoms with Gasteiger partial charge in [0.2, 0.25) is 0 Å². The highest BCUT2D eigenvalue weighted by Gasteiger charge is 2.22. The molecule has 0 bridgehead atoms. The third kappa shape index (κ3) is 3.79. The Bertz CT molecular complexity index is 1220. The van der Waals surface area contributed by atoms with Crippen molar-refractivity contribution in [3.63, 3.8) is 0 Å². The third-order valence-electron chi connectivity index (χ3n) is 4.90. The number of halogens is 1. The van der Waals surface area contributed by atoms with Gasteiger partial charge in [-0.05, 0) is 30.3 Å². The van der Waals surface area contributed by atoms with E-state index in [9.17, 15) is 12.8 Å². The Morgan fingerprint density at radius 1 is 1.07 bits per heavy atom. The zero-order valence-corrected chi connectivity index (χ0v) is 16.2. The Balaban J connectivity index is 1.72. The monoisotopic (exact) mass is 411 g/mol. The molecule has 1 aliphatic rings. The Kier molecular flexibility index (Phi) is 4.72. The first-order valence-corrected chi connectivity index (χ1v) is 10.8. The number of benzene rings is 2. The molecular weight excluding hydrogens is 393 g/mol. The molecule has 7 nitrogen and oxygen atoms in total. The van der Waals surface area contributed by atoms with Gasteiger partial charge in [0.1, 0.15) is 17.7 Å². The maximum absolute atomic E-state index is 14.1. The summed E-state index contributed by atoms with van der Waals surface area (Å²) in [6.07, 6.45) is 0. The van der Waals surface area contributed by atoms with Crippen LogP contribution in [-0.4, -0.2) is 42.8 Å². The van der Waals surface area contributed by atoms with Gasteiger partial charge in [-0.25, -0.2) is 17.5 Å². The molecular formula is C20H18FN5O2S. The lowest BCUT2D eigenvalue weighted by molar-refractivity contribution is 0.587. The molecule has 2 aromatic carbocycles. The highest BCUT2D eigenvalue weighted by atomic mass is 32.2. The van der Waals surface area contributed by atoms with Crippen molar-refractivity contribution in [2.45, 2.75) is 0 Å². The van der Waals surface area contributed by atoms with Gasteiger partial charge >= 0.3 is 0 Å². The molecule has 3 aromatic rings. The lowest BCUT2D eigenvalue weighted by Gasteiger charge is -2.29. The highest BCUT2D eigenvalue weighted by molar-refractivity contribution is 7.91. The van der Waals surface area contributed by atoms with Gasteiger partial charge in [0.05, 0.1) is 28.5 Å². The largest absolute Gasteiger partial charge is 0.382 e. The minimum Gasteiger partial charge on any atom is -0.382 e. The topological polar surface area (TPSA) is 105 Å². The second kappa shape index (κ2) is 7.22. The van der Waals surface area contributed by atoms with Crippen LogP contribution in [0.5, 0.6) is 0 Å². The van der Waals surface area contributed by atoms with Gasteiger partial charge in [-0.15, -0.1) is 0 Å². The van der Waals surface area contributed by atoms with Crippen LogP contribution in [0.3, 0.4) is 0 Å². The number of aromatic nitrogens is 2. The zero-order chi connectivity index (χ0) is 20.6. The smallest absolute Gasteiger partial charge is 0.153 e. The third-order valence-corrected chi connectivity index (χ3v) is 6.51. The predicted molar refractivity (Wildman–Crippen MR) is 109 cm³/mol. The number of nitrogens with two attached hydrogens (primary N) is 1. The lowest BCUT2D eigenvalue weighted by atomic mass is 10.1. The molecule has 1 aliphatic heterocycles. The quantitative estimate of drug-likeness (QED) is 0.709. The molecule has 4 rings (SSSR count). The number of hydrogen-bond donors (Lipinski definition) is 1. The van der Waals surface area contributed by atoms with Crippen molar-refractivity contribution in [3.05, 3.63) is 59.9 Å². The van der Waals surface area contributed by atoms with Crippen LogP contribution in [0.1, 0.15) is 5.56 Å². The van der Waals surface area contributed by atoms with Gasteiger partial charge in [-0.2, -0.15) is 10.4 Å². The fourth-order valence-corrected chi connectivity index (χ4v) is 4.56. The molecule has 1 saturated heterocycles. The Morgan fingerprint density at radius 2 is 1.79 bits per heavy atom. The number of nitrogen functional groups attached to an aromatic ring is 1. The first-order valence-electron chi connectivity index (χ1n) is 8.98. The molecule has 0 amide bonds. The van der Waals surface area contributed by atoms with Gasteiger partial charge in [0.15, 0.2) is 9.84 Å². The molecule has 29 heavy (non-hydrogen) atoms. The lowest BCUT2D eigenvalue weighted by Crippen LogP contribution is -2.40. The summed E-state index contributed by atoms with van der Waals surface area (Å²) >= 11 is 0. The van der Waals surface area contributed by atoms with Crippen molar-refractivity contribution in [2.24, 2.45) is 0 Å². The van der Waals surface area contributed by atoms with Crippen molar-refractivity contribution in [1.29, 1.82) is 5.26 Å². The zero-order valence-electron chi connectivity index (χ0n) is 15.4. The molecule has 0 aliphatic carbocycles. The first-order chi connectivity index (χ1) is 13.9. The normalized spacial score (nSPS) is 15.8. The van der Waals surface area contributed by atoms with E-state index in [-0.39, 0.29) is 22.9 Å². The number of sulfone groups is 1. The van der Waals surface area contributed by atoms with E-state index in [1.54, 1.807) is 22.9 Å². The summed E-state index contributed by atoms with van der Waals surface area (Å²) in [5.74, 6) is -0.0810. The number of hydrogen-bond acceptors (Lipinski definition) is 6. The maximum atomic E-state index is 14.1. The van der Waals surface area contributed by atoms with E-state index in [4.69, 9.17) is 11.0 Å². The fraction of sp³-hybridized carbons (Fsp3) is 0.200. The number of nitriles is 1. The van der Waals surface area contributed by atoms with Crippen molar-refractivity contribution in [3.8, 4) is 23.0 Å². The van der Waals surface area contributed by atoms with Crippen molar-refractivity contribution in [1.82, 2.24) is 9.78 Å². The average molecular weight is 411 g/mol. The van der Waals surface area contributed by atoms with E-state index in [1.165, 1.54) is 12.1 Å². The first kappa shape index (κ1) is 19.0. The molecule has 0 radical (unpaired) electrons. The van der Waals surface area contributed by atoms with E-state index in [0.29, 0.717) is 30.0 Å². The van der Waals surface area contributed by atoms with E-state index in [2.05, 4.69) is 5.10 Å². The molecule has 2 heterocycles. The molecule has 2 N–H and O–H groups in total. The summed E-state index contributed by atoms with van der Waals surface area (Å²) in [5, 5.41) is 13.3. The minimum atomic E-state index is -2.97.